The first-order chi connectivity index (χ1) is 3.77. The van der Waals surface area contributed by atoms with E-state index in [9.17, 15) is 4.79 Å². The van der Waals surface area contributed by atoms with Gasteiger partial charge in [0.05, 0.1) is 0 Å². The van der Waals surface area contributed by atoms with Crippen LogP contribution in [-0.4, -0.2) is 3.79 Å². The SMILES string of the molecule is CCCCCC(=O)I.[Rh]. The van der Waals surface area contributed by atoms with Gasteiger partial charge in [-0.15, -0.1) is 0 Å². The van der Waals surface area contributed by atoms with Crippen LogP contribution in [0.1, 0.15) is 32.6 Å². The molecule has 0 rings (SSSR count). The van der Waals surface area contributed by atoms with E-state index in [1.165, 1.54) is 12.8 Å². The van der Waals surface area contributed by atoms with Crippen LogP contribution in [0.25, 0.3) is 0 Å². The number of unbranched alkanes of at least 4 members (excludes halogenated alkanes) is 2. The summed E-state index contributed by atoms with van der Waals surface area (Å²) in [5, 5.41) is 0. The van der Waals surface area contributed by atoms with Gasteiger partial charge >= 0.3 is 0 Å². The molecule has 0 amide bonds. The second-order valence-electron chi connectivity index (χ2n) is 1.81. The summed E-state index contributed by atoms with van der Waals surface area (Å²) in [5.74, 6) is 0. The molecule has 0 unspecified atom stereocenters. The van der Waals surface area contributed by atoms with Gasteiger partial charge in [-0.05, 0) is 29.0 Å². The molecule has 0 heterocycles. The van der Waals surface area contributed by atoms with Crippen molar-refractivity contribution < 1.29 is 24.3 Å². The number of carbonyl (C=O) groups excluding carboxylic acids is 1. The number of rotatable bonds is 4. The van der Waals surface area contributed by atoms with E-state index in [0.717, 1.165) is 12.8 Å². The molecule has 0 aliphatic rings. The Bertz CT molecular complexity index is 75.5. The summed E-state index contributed by atoms with van der Waals surface area (Å²) in [7, 11) is 0. The fourth-order valence-corrected chi connectivity index (χ4v) is 0.895. The van der Waals surface area contributed by atoms with E-state index in [-0.39, 0.29) is 23.3 Å². The summed E-state index contributed by atoms with van der Waals surface area (Å²) in [6, 6.07) is 0. The summed E-state index contributed by atoms with van der Waals surface area (Å²) in [4.78, 5) is 10.3. The largest absolute Gasteiger partial charge is 0.288 e. The Labute approximate surface area is 82.9 Å². The third-order valence-corrected chi connectivity index (χ3v) is 1.52. The van der Waals surface area contributed by atoms with Gasteiger partial charge in [0.15, 0.2) is 3.79 Å². The van der Waals surface area contributed by atoms with Crippen molar-refractivity contribution in [2.24, 2.45) is 0 Å². The van der Waals surface area contributed by atoms with E-state index in [2.05, 4.69) is 6.92 Å². The zero-order valence-electron chi connectivity index (χ0n) is 5.45. The molecule has 0 saturated carbocycles. The fraction of sp³-hybridized carbons (Fsp3) is 0.833. The molecule has 1 nitrogen and oxygen atoms in total. The molecule has 0 N–H and O–H groups in total. The van der Waals surface area contributed by atoms with Crippen LogP contribution in [0, 0.1) is 0 Å². The van der Waals surface area contributed by atoms with Crippen molar-refractivity contribution in [1.29, 1.82) is 0 Å². The quantitative estimate of drug-likeness (QED) is 0.335. The van der Waals surface area contributed by atoms with Gasteiger partial charge in [-0.25, -0.2) is 0 Å². The molecule has 1 radical (unpaired) electrons. The minimum Gasteiger partial charge on any atom is -0.288 e. The first-order valence-corrected chi connectivity index (χ1v) is 4.03. The van der Waals surface area contributed by atoms with Gasteiger partial charge in [0.1, 0.15) is 0 Å². The van der Waals surface area contributed by atoms with Crippen LogP contribution in [0.2, 0.25) is 0 Å². The smallest absolute Gasteiger partial charge is 0.192 e. The Kier molecular flexibility index (Phi) is 12.7. The third-order valence-electron chi connectivity index (χ3n) is 0.977. The van der Waals surface area contributed by atoms with Gasteiger partial charge in [-0.1, -0.05) is 19.8 Å². The van der Waals surface area contributed by atoms with E-state index in [1.54, 1.807) is 0 Å². The summed E-state index contributed by atoms with van der Waals surface area (Å²) >= 11 is 1.84. The number of hydrogen-bond acceptors (Lipinski definition) is 1. The van der Waals surface area contributed by atoms with Crippen molar-refractivity contribution in [3.63, 3.8) is 0 Å². The molecule has 0 fully saturated rings. The van der Waals surface area contributed by atoms with Crippen LogP contribution >= 0.6 is 22.6 Å². The normalized spacial score (nSPS) is 8.22. The Morgan fingerprint density at radius 2 is 2.00 bits per heavy atom. The molecule has 0 aliphatic carbocycles. The summed E-state index contributed by atoms with van der Waals surface area (Å²) in [6.45, 7) is 2.14. The average molecular weight is 329 g/mol. The molecular weight excluding hydrogens is 318 g/mol. The molecule has 57 valence electrons. The average Bonchev–Trinajstić information content (AvgIpc) is 1.66. The predicted octanol–water partition coefficient (Wildman–Crippen LogP) is 2.53. The Morgan fingerprint density at radius 3 is 2.33 bits per heavy atom. The minimum absolute atomic E-state index is 0. The fourth-order valence-electron chi connectivity index (χ4n) is 0.514. The summed E-state index contributed by atoms with van der Waals surface area (Å²) < 4.78 is 0.288. The number of hydrogen-bond donors (Lipinski definition) is 0. The summed E-state index contributed by atoms with van der Waals surface area (Å²) in [6.07, 6.45) is 4.21. The summed E-state index contributed by atoms with van der Waals surface area (Å²) in [5.41, 5.74) is 0. The van der Waals surface area contributed by atoms with Crippen molar-refractivity contribution in [3.8, 4) is 0 Å². The maximum absolute atomic E-state index is 10.3. The van der Waals surface area contributed by atoms with Crippen molar-refractivity contribution >= 4 is 26.4 Å². The van der Waals surface area contributed by atoms with E-state index in [4.69, 9.17) is 0 Å². The molecule has 0 aromatic rings. The maximum Gasteiger partial charge on any atom is 0.192 e. The molecule has 0 aromatic carbocycles. The van der Waals surface area contributed by atoms with Crippen molar-refractivity contribution in [2.45, 2.75) is 32.6 Å². The molecule has 0 aliphatic heterocycles. The van der Waals surface area contributed by atoms with Gasteiger partial charge in [0, 0.05) is 25.9 Å². The third kappa shape index (κ3) is 12.3. The maximum atomic E-state index is 10.3. The molecule has 0 spiro atoms. The van der Waals surface area contributed by atoms with Gasteiger partial charge in [0.2, 0.25) is 0 Å². The molecule has 9 heavy (non-hydrogen) atoms. The van der Waals surface area contributed by atoms with Crippen LogP contribution < -0.4 is 0 Å². The van der Waals surface area contributed by atoms with E-state index in [0.29, 0.717) is 0 Å². The molecule has 0 atom stereocenters. The van der Waals surface area contributed by atoms with Gasteiger partial charge in [-0.2, -0.15) is 0 Å². The monoisotopic (exact) mass is 329 g/mol. The van der Waals surface area contributed by atoms with E-state index < -0.39 is 0 Å². The van der Waals surface area contributed by atoms with Crippen molar-refractivity contribution in [2.75, 3.05) is 0 Å². The predicted molar refractivity (Wildman–Crippen MR) is 43.2 cm³/mol. The van der Waals surface area contributed by atoms with Gasteiger partial charge in [-0.3, -0.25) is 4.79 Å². The molecule has 0 aromatic heterocycles. The van der Waals surface area contributed by atoms with Crippen LogP contribution in [0.15, 0.2) is 0 Å². The van der Waals surface area contributed by atoms with Crippen LogP contribution in [0.4, 0.5) is 0 Å². The Hall–Kier alpha value is 1.02. The first kappa shape index (κ1) is 12.7. The van der Waals surface area contributed by atoms with E-state index >= 15 is 0 Å². The zero-order valence-corrected chi connectivity index (χ0v) is 9.24. The van der Waals surface area contributed by atoms with Crippen LogP contribution in [0.3, 0.4) is 0 Å². The van der Waals surface area contributed by atoms with Crippen LogP contribution in [0.5, 0.6) is 0 Å². The number of carbonyl (C=O) groups is 1. The van der Waals surface area contributed by atoms with Crippen molar-refractivity contribution in [3.05, 3.63) is 0 Å². The molecule has 0 saturated heterocycles. The number of halogens is 1. The molecule has 3 heteroatoms. The zero-order chi connectivity index (χ0) is 6.41. The van der Waals surface area contributed by atoms with E-state index in [1.807, 2.05) is 22.6 Å². The topological polar surface area (TPSA) is 17.1 Å². The van der Waals surface area contributed by atoms with Crippen LogP contribution in [-0.2, 0) is 24.3 Å². The minimum atomic E-state index is 0. The Morgan fingerprint density at radius 1 is 1.44 bits per heavy atom. The standard InChI is InChI=1S/C6H11IO.Rh/c1-2-3-4-5-6(7)8;/h2-5H2,1H3;. The molecular formula is C6H11IORh. The first-order valence-electron chi connectivity index (χ1n) is 2.95. The second-order valence-corrected chi connectivity index (χ2v) is 3.02. The van der Waals surface area contributed by atoms with Gasteiger partial charge in [0.25, 0.3) is 0 Å². The Balaban J connectivity index is 0. The van der Waals surface area contributed by atoms with Gasteiger partial charge < -0.3 is 0 Å². The van der Waals surface area contributed by atoms with Crippen molar-refractivity contribution in [1.82, 2.24) is 0 Å². The second kappa shape index (κ2) is 9.02. The molecule has 0 bridgehead atoms.